The zero-order chi connectivity index (χ0) is 32.6. The summed E-state index contributed by atoms with van der Waals surface area (Å²) >= 11 is 1.49. The van der Waals surface area contributed by atoms with E-state index in [4.69, 9.17) is 16.6 Å². The van der Waals surface area contributed by atoms with Gasteiger partial charge in [0.1, 0.15) is 11.8 Å². The zero-order valence-corrected chi connectivity index (χ0v) is 30.0. The molecule has 0 heterocycles. The summed E-state index contributed by atoms with van der Waals surface area (Å²) < 4.78 is 0. The smallest absolute Gasteiger partial charge is 0.321 e. The number of rotatable bonds is 19. The van der Waals surface area contributed by atoms with E-state index in [9.17, 15) is 9.59 Å². The average Bonchev–Trinajstić information content (AvgIpc) is 3.38. The molecule has 4 aliphatic rings. The van der Waals surface area contributed by atoms with Gasteiger partial charge in [-0.2, -0.15) is 11.8 Å². The highest BCUT2D eigenvalue weighted by Gasteiger charge is 2.60. The van der Waals surface area contributed by atoms with Gasteiger partial charge >= 0.3 is 5.97 Å². The number of nitrogens with one attached hydrogen (secondary N) is 2. The van der Waals surface area contributed by atoms with Crippen LogP contribution in [0.15, 0.2) is 0 Å². The van der Waals surface area contributed by atoms with Crippen LogP contribution in [0.1, 0.15) is 118 Å². The molecule has 0 aromatic heterocycles. The standard InChI is InChI=1S/C37H68N4O3S/c1-25(8-13-34(42)26(2)23-45-24-33(39)35(43)44)30-11-12-31-29-10-9-27-22-28(41-21-7-20-40-19-6-5-18-38)14-16-36(27,3)32(29)15-17-37(30,31)4/h25-33,40-41H,5-24,38-39H2,1-4H3,(H,43,44)/t25-,26?,27?,28+,29?,30?,31?,32?,33?,36+,37-/m1/s1. The fourth-order valence-electron chi connectivity index (χ4n) is 10.8. The highest BCUT2D eigenvalue weighted by atomic mass is 32.2. The highest BCUT2D eigenvalue weighted by molar-refractivity contribution is 7.99. The van der Waals surface area contributed by atoms with Crippen LogP contribution in [0.25, 0.3) is 0 Å². The number of carbonyl (C=O) groups is 2. The predicted molar refractivity (Wildman–Crippen MR) is 188 cm³/mol. The van der Waals surface area contributed by atoms with Crippen molar-refractivity contribution in [1.82, 2.24) is 10.6 Å². The van der Waals surface area contributed by atoms with E-state index < -0.39 is 12.0 Å². The van der Waals surface area contributed by atoms with Crippen molar-refractivity contribution in [3.63, 3.8) is 0 Å². The number of thioether (sulfide) groups is 1. The first-order valence-corrected chi connectivity index (χ1v) is 19.9. The number of carbonyl (C=O) groups excluding carboxylic acids is 1. The fourth-order valence-corrected chi connectivity index (χ4v) is 11.9. The van der Waals surface area contributed by atoms with Gasteiger partial charge in [-0.15, -0.1) is 0 Å². The molecule has 11 atom stereocenters. The molecule has 0 spiro atoms. The van der Waals surface area contributed by atoms with E-state index in [1.807, 2.05) is 6.92 Å². The third-order valence-corrected chi connectivity index (χ3v) is 14.9. The lowest BCUT2D eigenvalue weighted by atomic mass is 9.44. The van der Waals surface area contributed by atoms with Gasteiger partial charge < -0.3 is 27.2 Å². The Morgan fingerprint density at radius 2 is 1.64 bits per heavy atom. The minimum atomic E-state index is -0.973. The van der Waals surface area contributed by atoms with Crippen molar-refractivity contribution < 1.29 is 14.7 Å². The number of ketones is 1. The quantitative estimate of drug-likeness (QED) is 0.106. The molecule has 0 saturated heterocycles. The van der Waals surface area contributed by atoms with Crippen molar-refractivity contribution in [3.8, 4) is 0 Å². The number of Topliss-reactive ketones (excluding diaryl/α,β-unsaturated/α-hetero) is 1. The second-order valence-electron chi connectivity index (χ2n) is 16.3. The Morgan fingerprint density at radius 3 is 2.40 bits per heavy atom. The van der Waals surface area contributed by atoms with Crippen LogP contribution in [-0.4, -0.2) is 66.6 Å². The number of fused-ring (bicyclic) bond motifs is 5. The summed E-state index contributed by atoms with van der Waals surface area (Å²) in [4.78, 5) is 23.9. The van der Waals surface area contributed by atoms with E-state index in [1.54, 1.807) is 0 Å². The van der Waals surface area contributed by atoms with Gasteiger partial charge in [0.2, 0.25) is 0 Å². The molecule has 0 radical (unpaired) electrons. The molecule has 7 N–H and O–H groups in total. The van der Waals surface area contributed by atoms with Crippen LogP contribution >= 0.6 is 11.8 Å². The van der Waals surface area contributed by atoms with Gasteiger partial charge in [0.15, 0.2) is 0 Å². The molecule has 0 bridgehead atoms. The van der Waals surface area contributed by atoms with Crippen LogP contribution in [0, 0.1) is 52.3 Å². The first-order valence-electron chi connectivity index (χ1n) is 18.7. The topological polar surface area (TPSA) is 130 Å². The minimum absolute atomic E-state index is 0.0413. The summed E-state index contributed by atoms with van der Waals surface area (Å²) in [7, 11) is 0. The Kier molecular flexibility index (Phi) is 14.1. The Balaban J connectivity index is 1.22. The van der Waals surface area contributed by atoms with Gasteiger partial charge in [-0.05, 0) is 156 Å². The zero-order valence-electron chi connectivity index (χ0n) is 29.2. The number of carboxylic acids is 1. The molecule has 0 aliphatic heterocycles. The first kappa shape index (κ1) is 37.2. The first-order chi connectivity index (χ1) is 21.5. The summed E-state index contributed by atoms with van der Waals surface area (Å²) in [5.41, 5.74) is 12.2. The molecular formula is C37H68N4O3S. The molecule has 0 amide bonds. The van der Waals surface area contributed by atoms with E-state index in [0.29, 0.717) is 46.5 Å². The maximum absolute atomic E-state index is 13.0. The molecule has 7 unspecified atom stereocenters. The van der Waals surface area contributed by atoms with Crippen LogP contribution in [0.2, 0.25) is 0 Å². The maximum atomic E-state index is 13.0. The lowest BCUT2D eigenvalue weighted by Gasteiger charge is -2.61. The molecule has 4 saturated carbocycles. The van der Waals surface area contributed by atoms with Crippen LogP contribution in [0.4, 0.5) is 0 Å². The van der Waals surface area contributed by atoms with Gasteiger partial charge in [0.05, 0.1) is 0 Å². The molecule has 4 rings (SSSR count). The molecule has 0 aromatic rings. The van der Waals surface area contributed by atoms with Gasteiger partial charge in [-0.25, -0.2) is 0 Å². The Hall–Kier alpha value is -0.670. The van der Waals surface area contributed by atoms with Crippen LogP contribution < -0.4 is 22.1 Å². The summed E-state index contributed by atoms with van der Waals surface area (Å²) in [5.74, 6) is 5.18. The summed E-state index contributed by atoms with van der Waals surface area (Å²) in [6.45, 7) is 13.9. The average molecular weight is 649 g/mol. The number of unbranched alkanes of at least 4 members (excludes halogenated alkanes) is 1. The lowest BCUT2D eigenvalue weighted by molar-refractivity contribution is -0.137. The van der Waals surface area contributed by atoms with Crippen molar-refractivity contribution in [2.75, 3.05) is 37.7 Å². The van der Waals surface area contributed by atoms with Crippen LogP contribution in [0.5, 0.6) is 0 Å². The Bertz CT molecular complexity index is 953. The van der Waals surface area contributed by atoms with Crippen LogP contribution in [0.3, 0.4) is 0 Å². The SMILES string of the molecule is CC(CSCC(N)C(=O)O)C(=O)CC[C@@H](C)C1CCC2C3CCC4C[C@@H](NCCCNCCCCN)CC[C@]4(C)C3CC[C@@]21C. The van der Waals surface area contributed by atoms with Crippen molar-refractivity contribution >= 4 is 23.5 Å². The van der Waals surface area contributed by atoms with E-state index in [2.05, 4.69) is 31.4 Å². The van der Waals surface area contributed by atoms with Crippen LogP contribution in [-0.2, 0) is 9.59 Å². The highest BCUT2D eigenvalue weighted by Crippen LogP contribution is 2.68. The largest absolute Gasteiger partial charge is 0.480 e. The molecule has 8 heteroatoms. The van der Waals surface area contributed by atoms with Gasteiger partial charge in [0, 0.05) is 29.9 Å². The third-order valence-electron chi connectivity index (χ3n) is 13.6. The summed E-state index contributed by atoms with van der Waals surface area (Å²) in [5, 5.41) is 16.5. The number of carboxylic acid groups (broad SMARTS) is 1. The number of hydrogen-bond acceptors (Lipinski definition) is 7. The minimum Gasteiger partial charge on any atom is -0.480 e. The second kappa shape index (κ2) is 17.1. The van der Waals surface area contributed by atoms with Crippen molar-refractivity contribution in [1.29, 1.82) is 0 Å². The second-order valence-corrected chi connectivity index (χ2v) is 17.4. The van der Waals surface area contributed by atoms with Crippen molar-refractivity contribution in [2.24, 2.45) is 63.7 Å². The predicted octanol–water partition coefficient (Wildman–Crippen LogP) is 6.09. The van der Waals surface area contributed by atoms with E-state index >= 15 is 0 Å². The molecular weight excluding hydrogens is 580 g/mol. The molecule has 0 aromatic carbocycles. The maximum Gasteiger partial charge on any atom is 0.321 e. The normalized spacial score (nSPS) is 36.4. The number of aliphatic carboxylic acids is 1. The molecule has 45 heavy (non-hydrogen) atoms. The molecule has 4 fully saturated rings. The number of nitrogens with two attached hydrogens (primary N) is 2. The van der Waals surface area contributed by atoms with E-state index in [1.165, 1.54) is 82.4 Å². The van der Waals surface area contributed by atoms with E-state index in [0.717, 1.165) is 68.6 Å². The Labute approximate surface area is 279 Å². The third kappa shape index (κ3) is 9.07. The monoisotopic (exact) mass is 649 g/mol. The van der Waals surface area contributed by atoms with Gasteiger partial charge in [-0.1, -0.05) is 27.7 Å². The van der Waals surface area contributed by atoms with Crippen molar-refractivity contribution in [3.05, 3.63) is 0 Å². The molecule has 7 nitrogen and oxygen atoms in total. The fraction of sp³-hybridized carbons (Fsp3) is 0.946. The van der Waals surface area contributed by atoms with Gasteiger partial charge in [-0.3, -0.25) is 9.59 Å². The Morgan fingerprint density at radius 1 is 0.911 bits per heavy atom. The van der Waals surface area contributed by atoms with E-state index in [-0.39, 0.29) is 5.92 Å². The molecule has 4 aliphatic carbocycles. The number of hydrogen-bond donors (Lipinski definition) is 5. The van der Waals surface area contributed by atoms with Gasteiger partial charge in [0.25, 0.3) is 0 Å². The summed E-state index contributed by atoms with van der Waals surface area (Å²) in [6, 6.07) is -0.151. The lowest BCUT2D eigenvalue weighted by Crippen LogP contribution is -2.55. The van der Waals surface area contributed by atoms with Crippen molar-refractivity contribution in [2.45, 2.75) is 130 Å². The summed E-state index contributed by atoms with van der Waals surface area (Å²) in [6.07, 6.45) is 17.7. The molecule has 260 valence electrons.